The van der Waals surface area contributed by atoms with E-state index in [2.05, 4.69) is 6.58 Å². The summed E-state index contributed by atoms with van der Waals surface area (Å²) in [5.74, 6) is -0.931. The van der Waals surface area contributed by atoms with Crippen molar-refractivity contribution in [1.29, 1.82) is 0 Å². The summed E-state index contributed by atoms with van der Waals surface area (Å²) in [6, 6.07) is 9.63. The summed E-state index contributed by atoms with van der Waals surface area (Å²) in [7, 11) is 0. The number of carbonyl (C=O) groups is 1. The summed E-state index contributed by atoms with van der Waals surface area (Å²) in [6.45, 7) is 5.58. The molecule has 0 aliphatic heterocycles. The Bertz CT molecular complexity index is 439. The van der Waals surface area contributed by atoms with Crippen molar-refractivity contribution in [2.24, 2.45) is 0 Å². The summed E-state index contributed by atoms with van der Waals surface area (Å²) >= 11 is 0. The number of hydrogen-bond donors (Lipinski definition) is 1. The van der Waals surface area contributed by atoms with Crippen LogP contribution < -0.4 is 0 Å². The Balaban J connectivity index is 2.80. The van der Waals surface area contributed by atoms with E-state index >= 15 is 0 Å². The molecular formula is C14H14O2. The number of rotatable bonds is 4. The highest BCUT2D eigenvalue weighted by molar-refractivity contribution is 5.90. The molecule has 0 unspecified atom stereocenters. The van der Waals surface area contributed by atoms with E-state index in [-0.39, 0.29) is 5.57 Å². The van der Waals surface area contributed by atoms with E-state index in [1.807, 2.05) is 30.3 Å². The highest BCUT2D eigenvalue weighted by atomic mass is 16.4. The second kappa shape index (κ2) is 5.71. The third-order valence-corrected chi connectivity index (χ3v) is 2.17. The third kappa shape index (κ3) is 3.24. The van der Waals surface area contributed by atoms with E-state index in [1.54, 1.807) is 25.2 Å². The maximum atomic E-state index is 10.7. The molecule has 0 bridgehead atoms. The maximum absolute atomic E-state index is 10.7. The Labute approximate surface area is 95.2 Å². The number of benzene rings is 1. The van der Waals surface area contributed by atoms with E-state index in [1.165, 1.54) is 0 Å². The first-order valence-electron chi connectivity index (χ1n) is 4.97. The van der Waals surface area contributed by atoms with Gasteiger partial charge in [0, 0.05) is 0 Å². The van der Waals surface area contributed by atoms with E-state index in [0.717, 1.165) is 11.1 Å². The number of carboxylic acid groups (broad SMARTS) is 1. The first-order chi connectivity index (χ1) is 7.65. The van der Waals surface area contributed by atoms with Crippen LogP contribution in [0.4, 0.5) is 0 Å². The molecular weight excluding hydrogens is 200 g/mol. The van der Waals surface area contributed by atoms with Crippen LogP contribution in [0.1, 0.15) is 12.5 Å². The molecule has 1 rings (SSSR count). The van der Waals surface area contributed by atoms with E-state index < -0.39 is 5.97 Å². The van der Waals surface area contributed by atoms with Gasteiger partial charge in [-0.3, -0.25) is 0 Å². The molecule has 2 nitrogen and oxygen atoms in total. The van der Waals surface area contributed by atoms with Crippen LogP contribution in [0.25, 0.3) is 5.57 Å². The summed E-state index contributed by atoms with van der Waals surface area (Å²) < 4.78 is 0. The molecule has 16 heavy (non-hydrogen) atoms. The van der Waals surface area contributed by atoms with Gasteiger partial charge in [0.1, 0.15) is 0 Å². The van der Waals surface area contributed by atoms with Crippen molar-refractivity contribution in [3.8, 4) is 0 Å². The van der Waals surface area contributed by atoms with Gasteiger partial charge in [0.2, 0.25) is 0 Å². The average Bonchev–Trinajstić information content (AvgIpc) is 2.30. The van der Waals surface area contributed by atoms with Gasteiger partial charge in [0.15, 0.2) is 0 Å². The van der Waals surface area contributed by atoms with Crippen molar-refractivity contribution in [2.75, 3.05) is 0 Å². The number of allylic oxidation sites excluding steroid dienone is 3. The first-order valence-corrected chi connectivity index (χ1v) is 4.97. The fraction of sp³-hybridized carbons (Fsp3) is 0.0714. The highest BCUT2D eigenvalue weighted by Crippen LogP contribution is 2.13. The van der Waals surface area contributed by atoms with Crippen molar-refractivity contribution in [1.82, 2.24) is 0 Å². The van der Waals surface area contributed by atoms with E-state index in [9.17, 15) is 4.79 Å². The molecule has 0 fully saturated rings. The molecule has 0 amide bonds. The molecule has 0 spiro atoms. The zero-order chi connectivity index (χ0) is 12.0. The Hall–Kier alpha value is -2.09. The Kier molecular flexibility index (Phi) is 4.28. The lowest BCUT2D eigenvalue weighted by Crippen LogP contribution is -1.96. The topological polar surface area (TPSA) is 37.3 Å². The van der Waals surface area contributed by atoms with Crippen LogP contribution in [0.3, 0.4) is 0 Å². The molecule has 0 atom stereocenters. The van der Waals surface area contributed by atoms with Crippen LogP contribution in [0.15, 0.2) is 60.7 Å². The molecule has 0 saturated heterocycles. The lowest BCUT2D eigenvalue weighted by molar-refractivity contribution is -0.132. The van der Waals surface area contributed by atoms with E-state index in [0.29, 0.717) is 0 Å². The zero-order valence-electron chi connectivity index (χ0n) is 9.18. The highest BCUT2D eigenvalue weighted by Gasteiger charge is 2.00. The summed E-state index contributed by atoms with van der Waals surface area (Å²) in [6.07, 6.45) is 4.81. The van der Waals surface area contributed by atoms with Gasteiger partial charge in [0.25, 0.3) is 0 Å². The molecule has 0 radical (unpaired) electrons. The SMILES string of the molecule is C=C(/C=C\C(=C/C)C(=O)O)c1ccccc1. The molecule has 0 aliphatic carbocycles. The van der Waals surface area contributed by atoms with Crippen LogP contribution in [-0.4, -0.2) is 11.1 Å². The minimum atomic E-state index is -0.931. The largest absolute Gasteiger partial charge is 0.478 e. The van der Waals surface area contributed by atoms with Crippen LogP contribution in [0, 0.1) is 0 Å². The normalized spacial score (nSPS) is 11.7. The van der Waals surface area contributed by atoms with Gasteiger partial charge in [-0.1, -0.05) is 49.1 Å². The standard InChI is InChI=1S/C14H14O2/c1-3-12(14(15)16)10-9-11(2)13-7-5-4-6-8-13/h3-10H,2H2,1H3,(H,15,16)/b10-9-,12-3+. The van der Waals surface area contributed by atoms with Gasteiger partial charge in [-0.25, -0.2) is 4.79 Å². The quantitative estimate of drug-likeness (QED) is 0.616. The minimum Gasteiger partial charge on any atom is -0.478 e. The number of carboxylic acids is 1. The molecule has 0 heterocycles. The monoisotopic (exact) mass is 214 g/mol. The molecule has 82 valence electrons. The van der Waals surface area contributed by atoms with Crippen molar-refractivity contribution in [3.05, 3.63) is 66.3 Å². The van der Waals surface area contributed by atoms with Gasteiger partial charge in [-0.05, 0) is 24.1 Å². The zero-order valence-corrected chi connectivity index (χ0v) is 9.18. The number of aliphatic carboxylic acids is 1. The maximum Gasteiger partial charge on any atom is 0.335 e. The van der Waals surface area contributed by atoms with Gasteiger partial charge in [0.05, 0.1) is 5.57 Å². The van der Waals surface area contributed by atoms with Gasteiger partial charge in [-0.15, -0.1) is 0 Å². The molecule has 0 aliphatic rings. The second-order valence-electron chi connectivity index (χ2n) is 3.27. The molecule has 1 aromatic carbocycles. The lowest BCUT2D eigenvalue weighted by atomic mass is 10.1. The summed E-state index contributed by atoms with van der Waals surface area (Å²) in [4.78, 5) is 10.7. The summed E-state index contributed by atoms with van der Waals surface area (Å²) in [5.41, 5.74) is 2.04. The van der Waals surface area contributed by atoms with Crippen molar-refractivity contribution in [3.63, 3.8) is 0 Å². The molecule has 1 aromatic rings. The molecule has 2 heteroatoms. The van der Waals surface area contributed by atoms with Crippen LogP contribution >= 0.6 is 0 Å². The fourth-order valence-electron chi connectivity index (χ4n) is 1.23. The van der Waals surface area contributed by atoms with Gasteiger partial charge >= 0.3 is 5.97 Å². The predicted octanol–water partition coefficient (Wildman–Crippen LogP) is 3.29. The Morgan fingerprint density at radius 1 is 1.25 bits per heavy atom. The smallest absolute Gasteiger partial charge is 0.335 e. The van der Waals surface area contributed by atoms with Crippen molar-refractivity contribution >= 4 is 11.5 Å². The molecule has 0 saturated carbocycles. The van der Waals surface area contributed by atoms with Crippen LogP contribution in [-0.2, 0) is 4.79 Å². The second-order valence-corrected chi connectivity index (χ2v) is 3.27. The Morgan fingerprint density at radius 2 is 1.88 bits per heavy atom. The third-order valence-electron chi connectivity index (χ3n) is 2.17. The fourth-order valence-corrected chi connectivity index (χ4v) is 1.23. The lowest BCUT2D eigenvalue weighted by Gasteiger charge is -1.99. The van der Waals surface area contributed by atoms with Crippen LogP contribution in [0.2, 0.25) is 0 Å². The van der Waals surface area contributed by atoms with Crippen molar-refractivity contribution in [2.45, 2.75) is 6.92 Å². The number of hydrogen-bond acceptors (Lipinski definition) is 1. The first kappa shape index (κ1) is 12.0. The predicted molar refractivity (Wildman–Crippen MR) is 66.0 cm³/mol. The van der Waals surface area contributed by atoms with Gasteiger partial charge in [-0.2, -0.15) is 0 Å². The minimum absolute atomic E-state index is 0.261. The van der Waals surface area contributed by atoms with Gasteiger partial charge < -0.3 is 5.11 Å². The molecule has 0 aromatic heterocycles. The molecule has 1 N–H and O–H groups in total. The van der Waals surface area contributed by atoms with Crippen LogP contribution in [0.5, 0.6) is 0 Å². The van der Waals surface area contributed by atoms with E-state index in [4.69, 9.17) is 5.11 Å². The summed E-state index contributed by atoms with van der Waals surface area (Å²) in [5, 5.41) is 8.81. The van der Waals surface area contributed by atoms with Crippen molar-refractivity contribution < 1.29 is 9.90 Å². The Morgan fingerprint density at radius 3 is 2.38 bits per heavy atom. The average molecular weight is 214 g/mol.